The number of carbonyl (C=O) groups is 1. The van der Waals surface area contributed by atoms with Crippen molar-refractivity contribution in [3.8, 4) is 22.6 Å². The first-order valence-corrected chi connectivity index (χ1v) is 12.0. The first kappa shape index (κ1) is 24.4. The molecule has 0 fully saturated rings. The number of nitrogens with zero attached hydrogens (tertiary/aromatic N) is 2. The molecule has 0 saturated carbocycles. The molecule has 0 radical (unpaired) electrons. The topological polar surface area (TPSA) is 80.7 Å². The molecule has 1 amide bonds. The van der Waals surface area contributed by atoms with E-state index in [1.165, 1.54) is 18.4 Å². The highest BCUT2D eigenvalue weighted by Crippen LogP contribution is 2.35. The van der Waals surface area contributed by atoms with Crippen LogP contribution in [0.2, 0.25) is 0 Å². The predicted molar refractivity (Wildman–Crippen MR) is 136 cm³/mol. The second kappa shape index (κ2) is 9.97. The molecule has 1 aromatic heterocycles. The molecule has 7 nitrogen and oxygen atoms in total. The Morgan fingerprint density at radius 1 is 0.946 bits per heavy atom. The fourth-order valence-corrected chi connectivity index (χ4v) is 4.93. The zero-order valence-corrected chi connectivity index (χ0v) is 21.0. The van der Waals surface area contributed by atoms with Crippen molar-refractivity contribution in [2.24, 2.45) is 0 Å². The van der Waals surface area contributed by atoms with E-state index < -0.39 is 0 Å². The number of ether oxygens (including phenoxy) is 2. The third-order valence-corrected chi connectivity index (χ3v) is 6.76. The third kappa shape index (κ3) is 4.87. The number of amides is 1. The Morgan fingerprint density at radius 2 is 1.65 bits per heavy atom. The molecule has 0 aliphatic carbocycles. The van der Waals surface area contributed by atoms with E-state index >= 15 is 0 Å². The van der Waals surface area contributed by atoms with Crippen molar-refractivity contribution in [2.45, 2.75) is 26.4 Å². The number of fused-ring (bicyclic) bond motifs is 1. The number of carbonyl (C=O) groups excluding carboxylic acids is 1. The number of hydrogen-bond acceptors (Lipinski definition) is 5. The van der Waals surface area contributed by atoms with Gasteiger partial charge in [0, 0.05) is 30.9 Å². The van der Waals surface area contributed by atoms with Gasteiger partial charge in [0.2, 0.25) is 0 Å². The number of oxazole rings is 1. The Bertz CT molecular complexity index is 1520. The van der Waals surface area contributed by atoms with Gasteiger partial charge < -0.3 is 18.8 Å². The third-order valence-electron chi connectivity index (χ3n) is 6.76. The number of methoxy groups -OCH3 is 2. The Labute approximate surface area is 214 Å². The number of halogens is 1. The van der Waals surface area contributed by atoms with Crippen molar-refractivity contribution < 1.29 is 23.1 Å². The van der Waals surface area contributed by atoms with Crippen LogP contribution in [0.4, 0.5) is 4.39 Å². The van der Waals surface area contributed by atoms with Crippen LogP contribution in [0.15, 0.2) is 65.4 Å². The smallest absolute Gasteiger partial charge is 0.293 e. The molecule has 3 aromatic carbocycles. The van der Waals surface area contributed by atoms with Crippen molar-refractivity contribution in [2.75, 3.05) is 20.8 Å². The van der Waals surface area contributed by atoms with E-state index in [0.717, 1.165) is 33.4 Å². The fourth-order valence-electron chi connectivity index (χ4n) is 4.93. The fraction of sp³-hybridized carbons (Fsp3) is 0.241. The zero-order valence-electron chi connectivity index (χ0n) is 21.0. The Balaban J connectivity index is 1.56. The average Bonchev–Trinajstić information content (AvgIpc) is 3.29. The summed E-state index contributed by atoms with van der Waals surface area (Å²) in [6.45, 7) is 3.20. The number of nitrogens with one attached hydrogen (secondary N) is 1. The van der Waals surface area contributed by atoms with E-state index in [4.69, 9.17) is 19.3 Å². The molecular formula is C29H28FN3O4. The summed E-state index contributed by atoms with van der Waals surface area (Å²) in [6, 6.07) is 14.3. The van der Waals surface area contributed by atoms with Gasteiger partial charge in [-0.3, -0.25) is 14.8 Å². The predicted octanol–water partition coefficient (Wildman–Crippen LogP) is 4.94. The molecule has 1 N–H and O–H groups in total. The second-order valence-electron chi connectivity index (χ2n) is 9.16. The quantitative estimate of drug-likeness (QED) is 0.389. The molecule has 2 heterocycles. The summed E-state index contributed by atoms with van der Waals surface area (Å²) in [5, 5.41) is 7.99. The first-order valence-electron chi connectivity index (χ1n) is 12.0. The molecule has 5 rings (SSSR count). The number of hydrogen-bond donors (Lipinski definition) is 1. The lowest BCUT2D eigenvalue weighted by Crippen LogP contribution is -2.37. The normalized spacial score (nSPS) is 13.0. The highest BCUT2D eigenvalue weighted by molar-refractivity contribution is 5.99. The molecule has 0 atom stereocenters. The molecule has 8 heteroatoms. The van der Waals surface area contributed by atoms with E-state index in [1.807, 2.05) is 36.1 Å². The summed E-state index contributed by atoms with van der Waals surface area (Å²) < 4.78 is 31.5. The van der Waals surface area contributed by atoms with Gasteiger partial charge in [-0.2, -0.15) is 0 Å². The molecule has 0 bridgehead atoms. The zero-order chi connectivity index (χ0) is 26.1. The maximum atomic E-state index is 13.9. The highest BCUT2D eigenvalue weighted by atomic mass is 19.1. The summed E-state index contributed by atoms with van der Waals surface area (Å²) in [5.41, 5.74) is 5.96. The molecule has 190 valence electrons. The van der Waals surface area contributed by atoms with Gasteiger partial charge >= 0.3 is 0 Å². The van der Waals surface area contributed by atoms with Crippen LogP contribution >= 0.6 is 0 Å². The molecule has 0 spiro atoms. The van der Waals surface area contributed by atoms with Crippen molar-refractivity contribution in [3.63, 3.8) is 0 Å². The number of benzene rings is 3. The summed E-state index contributed by atoms with van der Waals surface area (Å²) in [6.07, 6.45) is 3.81. The van der Waals surface area contributed by atoms with Crippen molar-refractivity contribution in [3.05, 3.63) is 100 Å². The van der Waals surface area contributed by atoms with Gasteiger partial charge in [-0.05, 0) is 83.1 Å². The lowest BCUT2D eigenvalue weighted by Gasteiger charge is -2.31. The van der Waals surface area contributed by atoms with Crippen LogP contribution in [0.25, 0.3) is 11.1 Å². The summed E-state index contributed by atoms with van der Waals surface area (Å²) in [7, 11) is 3.20. The van der Waals surface area contributed by atoms with Crippen LogP contribution in [0, 0.1) is 18.2 Å². The van der Waals surface area contributed by atoms with Gasteiger partial charge in [-0.25, -0.2) is 4.39 Å². The van der Waals surface area contributed by atoms with E-state index in [2.05, 4.69) is 0 Å². The Hall–Kier alpha value is -4.33. The van der Waals surface area contributed by atoms with Crippen LogP contribution in [-0.4, -0.2) is 36.1 Å². The highest BCUT2D eigenvalue weighted by Gasteiger charge is 2.28. The van der Waals surface area contributed by atoms with Gasteiger partial charge in [0.15, 0.2) is 0 Å². The van der Waals surface area contributed by atoms with Crippen LogP contribution in [-0.2, 0) is 19.5 Å². The van der Waals surface area contributed by atoms with Gasteiger partial charge in [-0.15, -0.1) is 0 Å². The van der Waals surface area contributed by atoms with Gasteiger partial charge in [-0.1, -0.05) is 6.07 Å². The Kier molecular flexibility index (Phi) is 6.56. The standard InChI is InChI=1S/C29H28FN3O4/c1-18-10-21(30)4-5-24(18)26-13-20(17-33-8-9-37-29(33)31)14-27-25(26)6-7-32(28(27)34)16-19-11-22(35-2)15-23(12-19)36-3/h4-5,8-15,31H,6-7,16-17H2,1-3H3. The molecule has 0 saturated heterocycles. The molecule has 0 unspecified atom stereocenters. The Morgan fingerprint density at radius 3 is 2.30 bits per heavy atom. The van der Waals surface area contributed by atoms with Gasteiger partial charge in [0.05, 0.1) is 20.8 Å². The second-order valence-corrected chi connectivity index (χ2v) is 9.16. The SMILES string of the molecule is COc1cc(CN2CCc3c(cc(Cn4ccoc4=N)cc3-c3ccc(F)cc3C)C2=O)cc(OC)c1. The lowest BCUT2D eigenvalue weighted by atomic mass is 9.86. The minimum absolute atomic E-state index is 0.0251. The average molecular weight is 502 g/mol. The molecule has 1 aliphatic rings. The van der Waals surface area contributed by atoms with Crippen LogP contribution in [0.3, 0.4) is 0 Å². The van der Waals surface area contributed by atoms with E-state index in [9.17, 15) is 9.18 Å². The van der Waals surface area contributed by atoms with E-state index in [0.29, 0.717) is 43.1 Å². The van der Waals surface area contributed by atoms with Gasteiger partial charge in [0.25, 0.3) is 11.6 Å². The monoisotopic (exact) mass is 501 g/mol. The molecule has 37 heavy (non-hydrogen) atoms. The largest absolute Gasteiger partial charge is 0.497 e. The maximum Gasteiger partial charge on any atom is 0.293 e. The number of rotatable bonds is 7. The number of aromatic nitrogens is 1. The van der Waals surface area contributed by atoms with Crippen LogP contribution < -0.4 is 15.2 Å². The van der Waals surface area contributed by atoms with Crippen LogP contribution in [0.1, 0.15) is 32.6 Å². The van der Waals surface area contributed by atoms with E-state index in [-0.39, 0.29) is 17.4 Å². The van der Waals surface area contributed by atoms with Crippen molar-refractivity contribution >= 4 is 5.91 Å². The molecule has 4 aromatic rings. The maximum absolute atomic E-state index is 13.9. The van der Waals surface area contributed by atoms with Crippen molar-refractivity contribution in [1.29, 1.82) is 5.41 Å². The molecule has 1 aliphatic heterocycles. The minimum atomic E-state index is -0.296. The summed E-state index contributed by atoms with van der Waals surface area (Å²) >= 11 is 0. The number of aryl methyl sites for hydroxylation is 1. The summed E-state index contributed by atoms with van der Waals surface area (Å²) in [4.78, 5) is 15.6. The van der Waals surface area contributed by atoms with Crippen molar-refractivity contribution in [1.82, 2.24) is 9.47 Å². The van der Waals surface area contributed by atoms with Gasteiger partial charge in [0.1, 0.15) is 23.6 Å². The first-order chi connectivity index (χ1) is 17.9. The van der Waals surface area contributed by atoms with E-state index in [1.54, 1.807) is 37.1 Å². The lowest BCUT2D eigenvalue weighted by molar-refractivity contribution is 0.0726. The van der Waals surface area contributed by atoms with Crippen LogP contribution in [0.5, 0.6) is 11.5 Å². The summed E-state index contributed by atoms with van der Waals surface area (Å²) in [5.74, 6) is 0.960. The minimum Gasteiger partial charge on any atom is -0.497 e. The molecular weight excluding hydrogens is 473 g/mol.